The summed E-state index contributed by atoms with van der Waals surface area (Å²) >= 11 is 6.02. The van der Waals surface area contributed by atoms with Crippen LogP contribution in [0.25, 0.3) is 5.69 Å². The van der Waals surface area contributed by atoms with Gasteiger partial charge in [0.2, 0.25) is 0 Å². The van der Waals surface area contributed by atoms with E-state index >= 15 is 0 Å². The van der Waals surface area contributed by atoms with Gasteiger partial charge in [0.05, 0.1) is 5.02 Å². The Morgan fingerprint density at radius 2 is 1.86 bits per heavy atom. The number of rotatable bonds is 3. The van der Waals surface area contributed by atoms with E-state index in [1.54, 1.807) is 29.1 Å². The van der Waals surface area contributed by atoms with E-state index in [0.717, 1.165) is 5.69 Å². The molecule has 0 unspecified atom stereocenters. The fraction of sp³-hybridized carbons (Fsp3) is 0. The Hall–Kier alpha value is -2.77. The van der Waals surface area contributed by atoms with Crippen LogP contribution in [0.2, 0.25) is 5.02 Å². The predicted molar refractivity (Wildman–Crippen MR) is 79.8 cm³/mol. The lowest BCUT2D eigenvalue weighted by Gasteiger charge is -2.12. The summed E-state index contributed by atoms with van der Waals surface area (Å²) in [6.07, 6.45) is 3.52. The Kier molecular flexibility index (Phi) is 3.59. The van der Waals surface area contributed by atoms with Crippen molar-refractivity contribution in [2.75, 3.05) is 0 Å². The number of nitriles is 1. The molecular weight excluding hydrogens is 286 g/mol. The Morgan fingerprint density at radius 3 is 2.62 bits per heavy atom. The van der Waals surface area contributed by atoms with Crippen LogP contribution in [0.4, 0.5) is 0 Å². The molecule has 0 fully saturated rings. The van der Waals surface area contributed by atoms with Crippen LogP contribution in [0, 0.1) is 11.3 Å². The van der Waals surface area contributed by atoms with Crippen molar-refractivity contribution in [3.63, 3.8) is 0 Å². The van der Waals surface area contributed by atoms with E-state index in [1.165, 1.54) is 0 Å². The van der Waals surface area contributed by atoms with Gasteiger partial charge in [-0.2, -0.15) is 10.4 Å². The molecule has 0 atom stereocenters. The van der Waals surface area contributed by atoms with Crippen molar-refractivity contribution in [2.45, 2.75) is 0 Å². The topological polar surface area (TPSA) is 50.8 Å². The summed E-state index contributed by atoms with van der Waals surface area (Å²) in [6.45, 7) is 0. The SMILES string of the molecule is N#Cc1c(Cl)cccc1Oc1ccccc1-n1cccn1. The fourth-order valence-corrected chi connectivity index (χ4v) is 2.17. The number of ether oxygens (including phenoxy) is 1. The highest BCUT2D eigenvalue weighted by atomic mass is 35.5. The third kappa shape index (κ3) is 2.60. The van der Waals surface area contributed by atoms with Crippen molar-refractivity contribution >= 4 is 11.6 Å². The van der Waals surface area contributed by atoms with Crippen molar-refractivity contribution < 1.29 is 4.74 Å². The maximum atomic E-state index is 9.20. The monoisotopic (exact) mass is 295 g/mol. The molecule has 0 saturated heterocycles. The van der Waals surface area contributed by atoms with E-state index in [1.807, 2.05) is 36.5 Å². The zero-order valence-corrected chi connectivity index (χ0v) is 11.7. The molecule has 4 nitrogen and oxygen atoms in total. The normalized spacial score (nSPS) is 10.1. The van der Waals surface area contributed by atoms with Crippen LogP contribution in [0.5, 0.6) is 11.5 Å². The number of hydrogen-bond donors (Lipinski definition) is 0. The van der Waals surface area contributed by atoms with Gasteiger partial charge in [0.25, 0.3) is 0 Å². The molecule has 3 rings (SSSR count). The third-order valence-electron chi connectivity index (χ3n) is 2.92. The van der Waals surface area contributed by atoms with E-state index in [4.69, 9.17) is 16.3 Å². The third-order valence-corrected chi connectivity index (χ3v) is 3.24. The summed E-state index contributed by atoms with van der Waals surface area (Å²) in [4.78, 5) is 0. The quantitative estimate of drug-likeness (QED) is 0.728. The molecule has 3 aromatic rings. The lowest BCUT2D eigenvalue weighted by atomic mass is 10.2. The van der Waals surface area contributed by atoms with Gasteiger partial charge in [-0.1, -0.05) is 29.8 Å². The van der Waals surface area contributed by atoms with Crippen molar-refractivity contribution in [2.24, 2.45) is 0 Å². The van der Waals surface area contributed by atoms with E-state index in [9.17, 15) is 5.26 Å². The molecule has 21 heavy (non-hydrogen) atoms. The second-order valence-corrected chi connectivity index (χ2v) is 4.65. The predicted octanol–water partition coefficient (Wildman–Crippen LogP) is 4.19. The summed E-state index contributed by atoms with van der Waals surface area (Å²) in [7, 11) is 0. The first-order valence-electron chi connectivity index (χ1n) is 6.25. The second kappa shape index (κ2) is 5.70. The zero-order valence-electron chi connectivity index (χ0n) is 10.9. The first kappa shape index (κ1) is 13.2. The fourth-order valence-electron chi connectivity index (χ4n) is 1.96. The first-order chi connectivity index (χ1) is 10.3. The minimum atomic E-state index is 0.314. The molecule has 2 aromatic carbocycles. The number of benzene rings is 2. The molecule has 0 aliphatic rings. The van der Waals surface area contributed by atoms with Crippen molar-refractivity contribution in [1.29, 1.82) is 5.26 Å². The largest absolute Gasteiger partial charge is 0.454 e. The average molecular weight is 296 g/mol. The second-order valence-electron chi connectivity index (χ2n) is 4.25. The van der Waals surface area contributed by atoms with Crippen LogP contribution in [-0.4, -0.2) is 9.78 Å². The lowest BCUT2D eigenvalue weighted by Crippen LogP contribution is -1.98. The molecular formula is C16H10ClN3O. The number of hydrogen-bond acceptors (Lipinski definition) is 3. The molecule has 1 aromatic heterocycles. The van der Waals surface area contributed by atoms with Gasteiger partial charge >= 0.3 is 0 Å². The molecule has 0 radical (unpaired) electrons. The van der Waals surface area contributed by atoms with Gasteiger partial charge in [0.15, 0.2) is 5.75 Å². The number of para-hydroxylation sites is 2. The minimum Gasteiger partial charge on any atom is -0.454 e. The molecule has 0 bridgehead atoms. The van der Waals surface area contributed by atoms with E-state index in [-0.39, 0.29) is 0 Å². The highest BCUT2D eigenvalue weighted by Gasteiger charge is 2.11. The van der Waals surface area contributed by atoms with Gasteiger partial charge in [0, 0.05) is 12.4 Å². The van der Waals surface area contributed by atoms with Crippen LogP contribution in [-0.2, 0) is 0 Å². The summed E-state index contributed by atoms with van der Waals surface area (Å²) in [5, 5.41) is 13.8. The summed E-state index contributed by atoms with van der Waals surface area (Å²) < 4.78 is 7.57. The highest BCUT2D eigenvalue weighted by molar-refractivity contribution is 6.31. The van der Waals surface area contributed by atoms with Crippen molar-refractivity contribution in [1.82, 2.24) is 9.78 Å². The van der Waals surface area contributed by atoms with Gasteiger partial charge < -0.3 is 4.74 Å². The summed E-state index contributed by atoms with van der Waals surface area (Å²) in [6, 6.07) is 16.5. The summed E-state index contributed by atoms with van der Waals surface area (Å²) in [5.41, 5.74) is 1.10. The van der Waals surface area contributed by atoms with Crippen molar-refractivity contribution in [3.05, 3.63) is 71.5 Å². The summed E-state index contributed by atoms with van der Waals surface area (Å²) in [5.74, 6) is 1.02. The number of nitrogens with zero attached hydrogens (tertiary/aromatic N) is 3. The van der Waals surface area contributed by atoms with E-state index in [0.29, 0.717) is 22.1 Å². The van der Waals surface area contributed by atoms with Crippen LogP contribution < -0.4 is 4.74 Å². The average Bonchev–Trinajstić information content (AvgIpc) is 3.02. The van der Waals surface area contributed by atoms with Crippen molar-refractivity contribution in [3.8, 4) is 23.3 Å². The molecule has 0 aliphatic heterocycles. The molecule has 0 amide bonds. The number of halogens is 1. The maximum Gasteiger partial charge on any atom is 0.153 e. The number of aromatic nitrogens is 2. The molecule has 1 heterocycles. The molecule has 102 valence electrons. The lowest BCUT2D eigenvalue weighted by molar-refractivity contribution is 0.476. The molecule has 5 heteroatoms. The Morgan fingerprint density at radius 1 is 1.05 bits per heavy atom. The first-order valence-corrected chi connectivity index (χ1v) is 6.63. The van der Waals surface area contributed by atoms with Gasteiger partial charge in [-0.05, 0) is 30.3 Å². The van der Waals surface area contributed by atoms with Crippen LogP contribution >= 0.6 is 11.6 Å². The molecule has 0 spiro atoms. The maximum absolute atomic E-state index is 9.20. The van der Waals surface area contributed by atoms with Crippen LogP contribution in [0.1, 0.15) is 5.56 Å². The zero-order chi connectivity index (χ0) is 14.7. The smallest absolute Gasteiger partial charge is 0.153 e. The minimum absolute atomic E-state index is 0.314. The molecule has 0 saturated carbocycles. The molecule has 0 aliphatic carbocycles. The van der Waals surface area contributed by atoms with Gasteiger partial charge in [0.1, 0.15) is 23.1 Å². The van der Waals surface area contributed by atoms with Crippen LogP contribution in [0.15, 0.2) is 60.9 Å². The Balaban J connectivity index is 2.05. The van der Waals surface area contributed by atoms with Gasteiger partial charge in [-0.25, -0.2) is 4.68 Å². The standard InChI is InChI=1S/C16H10ClN3O/c17-13-5-3-8-15(12(13)11-18)21-16-7-2-1-6-14(16)20-10-4-9-19-20/h1-10H. The van der Waals surface area contributed by atoms with E-state index < -0.39 is 0 Å². The van der Waals surface area contributed by atoms with E-state index in [2.05, 4.69) is 11.2 Å². The van der Waals surface area contributed by atoms with Gasteiger partial charge in [-0.3, -0.25) is 0 Å². The van der Waals surface area contributed by atoms with Crippen LogP contribution in [0.3, 0.4) is 0 Å². The highest BCUT2D eigenvalue weighted by Crippen LogP contribution is 2.32. The van der Waals surface area contributed by atoms with Gasteiger partial charge in [-0.15, -0.1) is 0 Å². The Bertz CT molecular complexity index is 807. The Labute approximate surface area is 126 Å². The molecule has 0 N–H and O–H groups in total.